The molecule has 0 aliphatic rings. The van der Waals surface area contributed by atoms with E-state index in [-0.39, 0.29) is 24.2 Å². The van der Waals surface area contributed by atoms with Crippen molar-refractivity contribution in [2.75, 3.05) is 0 Å². The molecule has 1 N–H and O–H groups in total. The minimum Gasteiger partial charge on any atom is -0.348 e. The van der Waals surface area contributed by atoms with E-state index in [0.717, 1.165) is 27.4 Å². The Morgan fingerprint density at radius 3 is 2.44 bits per heavy atom. The molecule has 4 aromatic rings. The largest absolute Gasteiger partial charge is 0.348 e. The van der Waals surface area contributed by atoms with Crippen molar-refractivity contribution in [3.63, 3.8) is 0 Å². The Bertz CT molecular complexity index is 1200. The van der Waals surface area contributed by atoms with Gasteiger partial charge < -0.3 is 5.32 Å². The molecule has 1 unspecified atom stereocenters. The molecule has 1 amide bonds. The summed E-state index contributed by atoms with van der Waals surface area (Å²) in [4.78, 5) is 25.2. The second kappa shape index (κ2) is 6.76. The first kappa shape index (κ1) is 17.1. The molecule has 0 aliphatic heterocycles. The zero-order chi connectivity index (χ0) is 19.0. The number of carbonyl (C=O) groups is 1. The van der Waals surface area contributed by atoms with Crippen LogP contribution in [0.25, 0.3) is 21.8 Å². The van der Waals surface area contributed by atoms with Gasteiger partial charge in [-0.2, -0.15) is 0 Å². The Hall–Kier alpha value is -3.34. The predicted molar refractivity (Wildman–Crippen MR) is 108 cm³/mol. The summed E-state index contributed by atoms with van der Waals surface area (Å²) in [5, 5.41) is 5.29. The maximum atomic E-state index is 12.7. The van der Waals surface area contributed by atoms with Gasteiger partial charge in [-0.05, 0) is 35.4 Å². The quantitative estimate of drug-likeness (QED) is 0.607. The first-order chi connectivity index (χ1) is 13.1. The number of fused-ring (bicyclic) bond motifs is 2. The number of nitrogens with one attached hydrogen (secondary N) is 1. The summed E-state index contributed by atoms with van der Waals surface area (Å²) in [5.41, 5.74) is 2.45. The fourth-order valence-electron chi connectivity index (χ4n) is 3.65. The fraction of sp³-hybridized carbons (Fsp3) is 0.182. The number of carbonyl (C=O) groups excluding carboxylic acids is 1. The van der Waals surface area contributed by atoms with Crippen molar-refractivity contribution in [2.24, 2.45) is 7.05 Å². The van der Waals surface area contributed by atoms with Crippen LogP contribution in [0.15, 0.2) is 71.5 Å². The first-order valence-electron chi connectivity index (χ1n) is 8.97. The molecule has 5 nitrogen and oxygen atoms in total. The van der Waals surface area contributed by atoms with Crippen molar-refractivity contribution < 1.29 is 4.79 Å². The van der Waals surface area contributed by atoms with E-state index in [1.807, 2.05) is 55.5 Å². The number of aryl methyl sites for hydroxylation is 1. The highest BCUT2D eigenvalue weighted by molar-refractivity contribution is 5.87. The average Bonchev–Trinajstić information content (AvgIpc) is 2.92. The van der Waals surface area contributed by atoms with Crippen LogP contribution in [0, 0.1) is 0 Å². The molecule has 136 valence electrons. The van der Waals surface area contributed by atoms with Crippen LogP contribution >= 0.6 is 0 Å². The zero-order valence-electron chi connectivity index (χ0n) is 15.3. The van der Waals surface area contributed by atoms with E-state index >= 15 is 0 Å². The highest BCUT2D eigenvalue weighted by Crippen LogP contribution is 2.24. The third-order valence-electron chi connectivity index (χ3n) is 5.02. The topological polar surface area (TPSA) is 56.0 Å². The summed E-state index contributed by atoms with van der Waals surface area (Å²) in [7, 11) is 1.72. The molecule has 27 heavy (non-hydrogen) atoms. The average molecular weight is 359 g/mol. The van der Waals surface area contributed by atoms with Crippen molar-refractivity contribution in [2.45, 2.75) is 19.5 Å². The van der Waals surface area contributed by atoms with Crippen molar-refractivity contribution in [3.05, 3.63) is 82.8 Å². The molecule has 0 spiro atoms. The van der Waals surface area contributed by atoms with E-state index in [0.29, 0.717) is 0 Å². The van der Waals surface area contributed by atoms with Gasteiger partial charge >= 0.3 is 5.69 Å². The SMILES string of the molecule is CC(NC(=O)Cn1c(=O)n(C)c2ccccc21)c1cccc2ccccc12. The van der Waals surface area contributed by atoms with E-state index in [1.54, 1.807) is 11.6 Å². The molecule has 1 atom stereocenters. The smallest absolute Gasteiger partial charge is 0.329 e. The molecule has 0 bridgehead atoms. The molecule has 0 saturated carbocycles. The second-order valence-electron chi connectivity index (χ2n) is 6.77. The molecule has 0 fully saturated rings. The van der Waals surface area contributed by atoms with Gasteiger partial charge in [-0.25, -0.2) is 4.79 Å². The first-order valence-corrected chi connectivity index (χ1v) is 8.97. The van der Waals surface area contributed by atoms with Crippen LogP contribution in [0.1, 0.15) is 18.5 Å². The number of imidazole rings is 1. The highest BCUT2D eigenvalue weighted by Gasteiger charge is 2.16. The van der Waals surface area contributed by atoms with E-state index in [1.165, 1.54) is 4.57 Å². The van der Waals surface area contributed by atoms with Crippen LogP contribution < -0.4 is 11.0 Å². The molecule has 0 saturated heterocycles. The molecule has 1 heterocycles. The van der Waals surface area contributed by atoms with Gasteiger partial charge in [0.2, 0.25) is 5.91 Å². The van der Waals surface area contributed by atoms with Crippen LogP contribution in [0.5, 0.6) is 0 Å². The molecule has 0 radical (unpaired) electrons. The third kappa shape index (κ3) is 3.01. The van der Waals surface area contributed by atoms with E-state index in [4.69, 9.17) is 0 Å². The monoisotopic (exact) mass is 359 g/mol. The summed E-state index contributed by atoms with van der Waals surface area (Å²) in [5.74, 6) is -0.186. The van der Waals surface area contributed by atoms with Crippen molar-refractivity contribution in [1.82, 2.24) is 14.5 Å². The normalized spacial score (nSPS) is 12.4. The lowest BCUT2D eigenvalue weighted by Gasteiger charge is -2.17. The maximum Gasteiger partial charge on any atom is 0.329 e. The molecular formula is C22H21N3O2. The van der Waals surface area contributed by atoms with Crippen LogP contribution in [0.4, 0.5) is 0 Å². The Kier molecular flexibility index (Phi) is 4.28. The van der Waals surface area contributed by atoms with E-state index < -0.39 is 0 Å². The van der Waals surface area contributed by atoms with E-state index in [9.17, 15) is 9.59 Å². The lowest BCUT2D eigenvalue weighted by atomic mass is 10.00. The molecule has 4 rings (SSSR count). The minimum absolute atomic E-state index is 0.00467. The number of para-hydroxylation sites is 2. The molecule has 5 heteroatoms. The summed E-state index contributed by atoms with van der Waals surface area (Å²) < 4.78 is 3.08. The van der Waals surface area contributed by atoms with Crippen LogP contribution in [0.3, 0.4) is 0 Å². The zero-order valence-corrected chi connectivity index (χ0v) is 15.3. The standard InChI is InChI=1S/C22H21N3O2/c1-15(17-11-7-9-16-8-3-4-10-18(16)17)23-21(26)14-25-20-13-6-5-12-19(20)24(2)22(25)27/h3-13,15H,14H2,1-2H3,(H,23,26). The van der Waals surface area contributed by atoms with Crippen LogP contribution in [0.2, 0.25) is 0 Å². The number of rotatable bonds is 4. The Morgan fingerprint density at radius 1 is 0.963 bits per heavy atom. The number of nitrogens with zero attached hydrogens (tertiary/aromatic N) is 2. The highest BCUT2D eigenvalue weighted by atomic mass is 16.2. The van der Waals surface area contributed by atoms with Crippen molar-refractivity contribution in [1.29, 1.82) is 0 Å². The van der Waals surface area contributed by atoms with E-state index in [2.05, 4.69) is 23.5 Å². The minimum atomic E-state index is -0.191. The van der Waals surface area contributed by atoms with Gasteiger partial charge in [-0.3, -0.25) is 13.9 Å². The second-order valence-corrected chi connectivity index (χ2v) is 6.77. The molecular weight excluding hydrogens is 338 g/mol. The maximum absolute atomic E-state index is 12.7. The van der Waals surface area contributed by atoms with Gasteiger partial charge in [0.25, 0.3) is 0 Å². The van der Waals surface area contributed by atoms with Crippen LogP contribution in [-0.2, 0) is 18.4 Å². The fourth-order valence-corrected chi connectivity index (χ4v) is 3.65. The summed E-state index contributed by atoms with van der Waals surface area (Å²) in [6.07, 6.45) is 0. The Balaban J connectivity index is 1.60. The summed E-state index contributed by atoms with van der Waals surface area (Å²) in [6.45, 7) is 1.96. The number of hydrogen-bond acceptors (Lipinski definition) is 2. The Morgan fingerprint density at radius 2 is 1.63 bits per heavy atom. The summed E-state index contributed by atoms with van der Waals surface area (Å²) >= 11 is 0. The number of amides is 1. The predicted octanol–water partition coefficient (Wildman–Crippen LogP) is 3.37. The Labute approximate surface area is 156 Å². The molecule has 0 aliphatic carbocycles. The van der Waals surface area contributed by atoms with Gasteiger partial charge in [0, 0.05) is 7.05 Å². The molecule has 3 aromatic carbocycles. The van der Waals surface area contributed by atoms with Gasteiger partial charge in [0.05, 0.1) is 17.1 Å². The number of benzene rings is 3. The summed E-state index contributed by atoms with van der Waals surface area (Å²) in [6, 6.07) is 21.5. The lowest BCUT2D eigenvalue weighted by molar-refractivity contribution is -0.122. The van der Waals surface area contributed by atoms with Gasteiger partial charge in [-0.1, -0.05) is 54.6 Å². The molecule has 1 aromatic heterocycles. The van der Waals surface area contributed by atoms with Gasteiger partial charge in [-0.15, -0.1) is 0 Å². The van der Waals surface area contributed by atoms with Crippen molar-refractivity contribution in [3.8, 4) is 0 Å². The van der Waals surface area contributed by atoms with Gasteiger partial charge in [0.15, 0.2) is 0 Å². The third-order valence-corrected chi connectivity index (χ3v) is 5.02. The number of aromatic nitrogens is 2. The number of hydrogen-bond donors (Lipinski definition) is 1. The van der Waals surface area contributed by atoms with Gasteiger partial charge in [0.1, 0.15) is 6.54 Å². The lowest BCUT2D eigenvalue weighted by Crippen LogP contribution is -2.34. The van der Waals surface area contributed by atoms with Crippen LogP contribution in [-0.4, -0.2) is 15.0 Å². The van der Waals surface area contributed by atoms with Crippen molar-refractivity contribution >= 4 is 27.7 Å².